The van der Waals surface area contributed by atoms with Crippen LogP contribution in [0.4, 0.5) is 4.79 Å². The van der Waals surface area contributed by atoms with Crippen molar-refractivity contribution in [1.82, 2.24) is 19.4 Å². The van der Waals surface area contributed by atoms with Crippen molar-refractivity contribution in [2.45, 2.75) is 32.9 Å². The first-order valence-corrected chi connectivity index (χ1v) is 14.1. The lowest BCUT2D eigenvalue weighted by atomic mass is 10.0. The number of rotatable bonds is 11. The highest BCUT2D eigenvalue weighted by Gasteiger charge is 2.22. The highest BCUT2D eigenvalue weighted by atomic mass is 16.7. The Balaban J connectivity index is 1.51. The van der Waals surface area contributed by atoms with Crippen LogP contribution in [0.3, 0.4) is 0 Å². The maximum Gasteiger partial charge on any atom is 0.415 e. The molecule has 2 aromatic heterocycles. The van der Waals surface area contributed by atoms with Crippen molar-refractivity contribution in [3.05, 3.63) is 46.4 Å². The van der Waals surface area contributed by atoms with Crippen LogP contribution < -0.4 is 19.8 Å². The van der Waals surface area contributed by atoms with Crippen molar-refractivity contribution >= 4 is 50.4 Å². The number of nitrogens with zero attached hydrogens (tertiary/aromatic N) is 4. The zero-order chi connectivity index (χ0) is 31.5. The van der Waals surface area contributed by atoms with Crippen LogP contribution in [0.1, 0.15) is 25.3 Å². The molecule has 5 rings (SSSR count). The number of ketones is 1. The molecule has 0 saturated heterocycles. The molecule has 4 aromatic rings. The number of aromatic nitrogens is 2. The molecule has 0 saturated carbocycles. The number of amides is 1. The molecule has 1 amide bonds. The number of benzene rings is 2. The summed E-state index contributed by atoms with van der Waals surface area (Å²) in [4.78, 5) is 57.6. The molecule has 0 fully saturated rings. The molecule has 2 aromatic carbocycles. The number of fused-ring (bicyclic) bond motifs is 6. The summed E-state index contributed by atoms with van der Waals surface area (Å²) in [7, 11) is 5.30. The molecule has 13 heteroatoms. The number of aliphatic hydroxyl groups excluding tert-OH is 1. The first kappa shape index (κ1) is 30.7. The van der Waals surface area contributed by atoms with Gasteiger partial charge in [-0.2, -0.15) is 0 Å². The van der Waals surface area contributed by atoms with Gasteiger partial charge in [0.25, 0.3) is 5.56 Å². The summed E-state index contributed by atoms with van der Waals surface area (Å²) in [5.74, 6) is 0.518. The standard InChI is InChI=1S/C31H34N4O9/c1-18(37)5-6-28(38)41-10-9-34(4)31(40)44-25-12-21-20(11-19(25)16-36)23-15-32-24-14-27-26(42-17-43-27)13-22(24)29(23)35(30(21)39)8-7-33(2)3/h11-15,36H,5-10,16-17H2,1-4H3. The number of likely N-dealkylation sites (N-methyl/N-ethyl adjacent to an activating group) is 2. The van der Waals surface area contributed by atoms with E-state index in [9.17, 15) is 24.3 Å². The second-order valence-electron chi connectivity index (χ2n) is 10.9. The van der Waals surface area contributed by atoms with E-state index in [1.165, 1.54) is 24.9 Å². The van der Waals surface area contributed by atoms with Gasteiger partial charge < -0.3 is 43.2 Å². The van der Waals surface area contributed by atoms with Gasteiger partial charge in [0.15, 0.2) is 11.5 Å². The average Bonchev–Trinajstić information content (AvgIpc) is 3.45. The largest absolute Gasteiger partial charge is 0.464 e. The number of Topliss-reactive ketones (excluding diaryl/α,β-unsaturated/α-hetero) is 1. The van der Waals surface area contributed by atoms with Crippen LogP contribution in [0.2, 0.25) is 0 Å². The number of esters is 1. The third-order valence-electron chi connectivity index (χ3n) is 7.39. The summed E-state index contributed by atoms with van der Waals surface area (Å²) >= 11 is 0. The third-order valence-corrected chi connectivity index (χ3v) is 7.39. The van der Waals surface area contributed by atoms with E-state index in [-0.39, 0.29) is 49.9 Å². The summed E-state index contributed by atoms with van der Waals surface area (Å²) < 4.78 is 23.5. The van der Waals surface area contributed by atoms with E-state index in [0.717, 1.165) is 0 Å². The van der Waals surface area contributed by atoms with Gasteiger partial charge in [-0.3, -0.25) is 14.6 Å². The molecular weight excluding hydrogens is 572 g/mol. The Bertz CT molecular complexity index is 1830. The van der Waals surface area contributed by atoms with Gasteiger partial charge in [0.2, 0.25) is 6.79 Å². The Kier molecular flexibility index (Phi) is 8.97. The van der Waals surface area contributed by atoms with E-state index in [1.807, 2.05) is 25.1 Å². The second kappa shape index (κ2) is 12.9. The zero-order valence-corrected chi connectivity index (χ0v) is 25.0. The number of carbonyl (C=O) groups excluding carboxylic acids is 3. The molecule has 0 unspecified atom stereocenters. The van der Waals surface area contributed by atoms with E-state index in [0.29, 0.717) is 62.7 Å². The number of ether oxygens (including phenoxy) is 4. The van der Waals surface area contributed by atoms with Crippen LogP contribution >= 0.6 is 0 Å². The molecule has 0 atom stereocenters. The Morgan fingerprint density at radius 1 is 0.977 bits per heavy atom. The predicted molar refractivity (Wildman–Crippen MR) is 161 cm³/mol. The van der Waals surface area contributed by atoms with Gasteiger partial charge in [-0.05, 0) is 44.6 Å². The summed E-state index contributed by atoms with van der Waals surface area (Å²) in [6.07, 6.45) is 0.978. The van der Waals surface area contributed by atoms with E-state index in [1.54, 1.807) is 22.9 Å². The van der Waals surface area contributed by atoms with Crippen LogP contribution in [0.25, 0.3) is 32.6 Å². The molecule has 3 heterocycles. The van der Waals surface area contributed by atoms with Crippen molar-refractivity contribution in [1.29, 1.82) is 0 Å². The fourth-order valence-electron chi connectivity index (χ4n) is 4.97. The third kappa shape index (κ3) is 6.29. The van der Waals surface area contributed by atoms with Crippen molar-refractivity contribution in [3.63, 3.8) is 0 Å². The number of hydrogen-bond acceptors (Lipinski definition) is 11. The molecule has 1 aliphatic heterocycles. The van der Waals surface area contributed by atoms with Crippen molar-refractivity contribution in [3.8, 4) is 17.2 Å². The highest BCUT2D eigenvalue weighted by molar-refractivity contribution is 6.15. The van der Waals surface area contributed by atoms with Gasteiger partial charge in [0.05, 0.1) is 36.0 Å². The first-order valence-electron chi connectivity index (χ1n) is 14.1. The minimum Gasteiger partial charge on any atom is -0.464 e. The topological polar surface area (TPSA) is 150 Å². The summed E-state index contributed by atoms with van der Waals surface area (Å²) in [5.41, 5.74) is 1.30. The number of aliphatic hydroxyl groups is 1. The molecule has 1 aliphatic rings. The normalized spacial score (nSPS) is 12.3. The van der Waals surface area contributed by atoms with Crippen LogP contribution in [0.15, 0.2) is 35.3 Å². The lowest BCUT2D eigenvalue weighted by Gasteiger charge is -2.20. The van der Waals surface area contributed by atoms with Gasteiger partial charge in [-0.25, -0.2) is 4.79 Å². The Morgan fingerprint density at radius 3 is 2.43 bits per heavy atom. The molecule has 44 heavy (non-hydrogen) atoms. The quantitative estimate of drug-likeness (QED) is 0.198. The number of hydrogen-bond donors (Lipinski definition) is 1. The maximum absolute atomic E-state index is 14.1. The van der Waals surface area contributed by atoms with Crippen molar-refractivity contribution in [2.24, 2.45) is 0 Å². The zero-order valence-electron chi connectivity index (χ0n) is 25.0. The summed E-state index contributed by atoms with van der Waals surface area (Å²) in [6.45, 7) is 1.93. The van der Waals surface area contributed by atoms with E-state index in [2.05, 4.69) is 4.98 Å². The van der Waals surface area contributed by atoms with E-state index in [4.69, 9.17) is 18.9 Å². The minimum absolute atomic E-state index is 0.0306. The van der Waals surface area contributed by atoms with Gasteiger partial charge >= 0.3 is 12.1 Å². The minimum atomic E-state index is -0.767. The maximum atomic E-state index is 14.1. The monoisotopic (exact) mass is 606 g/mol. The van der Waals surface area contributed by atoms with Crippen LogP contribution in [0.5, 0.6) is 17.2 Å². The smallest absolute Gasteiger partial charge is 0.415 e. The van der Waals surface area contributed by atoms with Gasteiger partial charge in [-0.15, -0.1) is 0 Å². The molecule has 0 bridgehead atoms. The van der Waals surface area contributed by atoms with Gasteiger partial charge in [0.1, 0.15) is 18.1 Å². The fourth-order valence-corrected chi connectivity index (χ4v) is 4.97. The lowest BCUT2D eigenvalue weighted by Crippen LogP contribution is -2.33. The molecule has 1 N–H and O–H groups in total. The molecule has 13 nitrogen and oxygen atoms in total. The van der Waals surface area contributed by atoms with Crippen LogP contribution in [-0.2, 0) is 27.5 Å². The number of carbonyl (C=O) groups is 3. The van der Waals surface area contributed by atoms with Crippen molar-refractivity contribution in [2.75, 3.05) is 47.6 Å². The Labute approximate surface area is 252 Å². The Morgan fingerprint density at radius 2 is 1.73 bits per heavy atom. The molecular formula is C31H34N4O9. The predicted octanol–water partition coefficient (Wildman–Crippen LogP) is 2.83. The van der Waals surface area contributed by atoms with Crippen LogP contribution in [0, 0.1) is 0 Å². The molecule has 0 aliphatic carbocycles. The Hall–Kier alpha value is -4.75. The van der Waals surface area contributed by atoms with Gasteiger partial charge in [0, 0.05) is 55.2 Å². The molecule has 232 valence electrons. The van der Waals surface area contributed by atoms with E-state index < -0.39 is 18.7 Å². The van der Waals surface area contributed by atoms with E-state index >= 15 is 0 Å². The SMILES string of the molecule is CC(=O)CCC(=O)OCCN(C)C(=O)Oc1cc2c(=O)n(CCN(C)C)c3c4cc5c(cc4ncc3c2cc1CO)OCO5. The fraction of sp³-hybridized carbons (Fsp3) is 0.387. The highest BCUT2D eigenvalue weighted by Crippen LogP contribution is 2.39. The summed E-state index contributed by atoms with van der Waals surface area (Å²) in [6, 6.07) is 6.71. The summed E-state index contributed by atoms with van der Waals surface area (Å²) in [5, 5.41) is 12.5. The number of pyridine rings is 2. The van der Waals surface area contributed by atoms with Gasteiger partial charge in [-0.1, -0.05) is 0 Å². The molecule has 0 spiro atoms. The second-order valence-corrected chi connectivity index (χ2v) is 10.9. The lowest BCUT2D eigenvalue weighted by molar-refractivity contribution is -0.144. The molecule has 0 radical (unpaired) electrons. The average molecular weight is 607 g/mol. The van der Waals surface area contributed by atoms with Crippen molar-refractivity contribution < 1.29 is 38.4 Å². The first-order chi connectivity index (χ1) is 21.1. The van der Waals surface area contributed by atoms with Crippen LogP contribution in [-0.4, -0.2) is 89.9 Å².